The molecule has 2 aromatic rings. The molecule has 0 saturated carbocycles. The van der Waals surface area contributed by atoms with Crippen molar-refractivity contribution in [3.63, 3.8) is 0 Å². The zero-order valence-electron chi connectivity index (χ0n) is 14.6. The van der Waals surface area contributed by atoms with Gasteiger partial charge >= 0.3 is 12.1 Å². The first-order chi connectivity index (χ1) is 13.2. The van der Waals surface area contributed by atoms with E-state index in [-0.39, 0.29) is 35.0 Å². The van der Waals surface area contributed by atoms with E-state index in [0.717, 1.165) is 6.08 Å². The molecule has 148 valence electrons. The molecule has 0 N–H and O–H groups in total. The number of halogens is 4. The minimum Gasteiger partial charge on any atom is -0.475 e. The van der Waals surface area contributed by atoms with Crippen molar-refractivity contribution < 1.29 is 27.4 Å². The molecule has 0 spiro atoms. The molecule has 0 aliphatic carbocycles. The Balaban J connectivity index is 2.14. The van der Waals surface area contributed by atoms with Gasteiger partial charge in [-0.15, -0.1) is 0 Å². The maximum Gasteiger partial charge on any atom is 0.430 e. The number of alkyl halides is 3. The molecule has 1 aliphatic rings. The van der Waals surface area contributed by atoms with Gasteiger partial charge in [0.2, 0.25) is 6.10 Å². The lowest BCUT2D eigenvalue weighted by Crippen LogP contribution is -2.41. The number of hydrogen-bond donors (Lipinski definition) is 0. The van der Waals surface area contributed by atoms with Crippen molar-refractivity contribution in [1.29, 1.82) is 0 Å². The fourth-order valence-electron chi connectivity index (χ4n) is 2.85. The summed E-state index contributed by atoms with van der Waals surface area (Å²) in [6.45, 7) is 1.40. The van der Waals surface area contributed by atoms with Crippen molar-refractivity contribution in [2.75, 3.05) is 6.61 Å². The van der Waals surface area contributed by atoms with Gasteiger partial charge in [-0.3, -0.25) is 4.79 Å². The highest BCUT2D eigenvalue weighted by Crippen LogP contribution is 2.40. The number of pyridine rings is 1. The summed E-state index contributed by atoms with van der Waals surface area (Å²) in [5.41, 5.74) is -0.428. The fourth-order valence-corrected chi connectivity index (χ4v) is 3.07. The van der Waals surface area contributed by atoms with Crippen LogP contribution in [0.4, 0.5) is 13.2 Å². The van der Waals surface area contributed by atoms with Crippen LogP contribution in [-0.4, -0.2) is 29.4 Å². The Morgan fingerprint density at radius 3 is 2.68 bits per heavy atom. The lowest BCUT2D eigenvalue weighted by molar-refractivity contribution is -0.187. The number of esters is 1. The van der Waals surface area contributed by atoms with Gasteiger partial charge in [0.25, 0.3) is 5.56 Å². The van der Waals surface area contributed by atoms with Crippen LogP contribution in [0.25, 0.3) is 6.08 Å². The second kappa shape index (κ2) is 7.71. The normalized spacial score (nSPS) is 16.0. The Kier molecular flexibility index (Phi) is 5.51. The van der Waals surface area contributed by atoms with Gasteiger partial charge < -0.3 is 14.0 Å². The monoisotopic (exact) mass is 413 g/mol. The van der Waals surface area contributed by atoms with Crippen molar-refractivity contribution in [2.45, 2.75) is 25.7 Å². The van der Waals surface area contributed by atoms with Crippen LogP contribution in [0.15, 0.2) is 46.9 Å². The molecule has 9 heteroatoms. The summed E-state index contributed by atoms with van der Waals surface area (Å²) in [7, 11) is 0. The molecular formula is C19H15ClF3NO4. The Labute approximate surface area is 162 Å². The van der Waals surface area contributed by atoms with E-state index in [1.807, 2.05) is 0 Å². The fraction of sp³-hybridized carbons (Fsp3) is 0.263. The number of nitrogens with zero attached hydrogens (tertiary/aromatic N) is 1. The first kappa shape index (κ1) is 20.0. The largest absolute Gasteiger partial charge is 0.475 e. The number of fused-ring (bicyclic) bond motifs is 1. The van der Waals surface area contributed by atoms with E-state index in [1.165, 1.54) is 35.9 Å². The number of carbonyl (C=O) groups is 1. The molecule has 0 bridgehead atoms. The van der Waals surface area contributed by atoms with E-state index < -0.39 is 23.8 Å². The van der Waals surface area contributed by atoms with Gasteiger partial charge in [0.15, 0.2) is 0 Å². The third-order valence-electron chi connectivity index (χ3n) is 4.12. The average molecular weight is 414 g/mol. The van der Waals surface area contributed by atoms with Crippen LogP contribution in [0.5, 0.6) is 5.75 Å². The second-order valence-corrected chi connectivity index (χ2v) is 6.37. The summed E-state index contributed by atoms with van der Waals surface area (Å²) in [5.74, 6) is -1.21. The first-order valence-corrected chi connectivity index (χ1v) is 8.69. The molecule has 1 aromatic heterocycles. The van der Waals surface area contributed by atoms with Crippen LogP contribution in [0.3, 0.4) is 0 Å². The number of hydrogen-bond acceptors (Lipinski definition) is 4. The molecule has 0 radical (unpaired) electrons. The predicted molar refractivity (Wildman–Crippen MR) is 96.3 cm³/mol. The maximum atomic E-state index is 13.4. The summed E-state index contributed by atoms with van der Waals surface area (Å²) >= 11 is 6.24. The number of rotatable bonds is 4. The van der Waals surface area contributed by atoms with Crippen LogP contribution in [-0.2, 0) is 16.1 Å². The molecule has 0 saturated heterocycles. The summed E-state index contributed by atoms with van der Waals surface area (Å²) in [6, 6.07) is 7.24. The van der Waals surface area contributed by atoms with E-state index in [9.17, 15) is 22.8 Å². The van der Waals surface area contributed by atoms with Crippen molar-refractivity contribution in [3.8, 4) is 5.75 Å². The van der Waals surface area contributed by atoms with Crippen LogP contribution in [0.1, 0.15) is 18.1 Å². The zero-order valence-corrected chi connectivity index (χ0v) is 15.4. The highest BCUT2D eigenvalue weighted by atomic mass is 35.5. The first-order valence-electron chi connectivity index (χ1n) is 8.31. The van der Waals surface area contributed by atoms with Gasteiger partial charge in [0.1, 0.15) is 5.75 Å². The Hall–Kier alpha value is -2.74. The minimum atomic E-state index is -4.81. The van der Waals surface area contributed by atoms with E-state index in [0.29, 0.717) is 5.56 Å². The lowest BCUT2D eigenvalue weighted by atomic mass is 9.97. The van der Waals surface area contributed by atoms with Gasteiger partial charge in [0, 0.05) is 28.4 Å². The van der Waals surface area contributed by atoms with Crippen LogP contribution >= 0.6 is 11.6 Å². The molecule has 3 rings (SSSR count). The smallest absolute Gasteiger partial charge is 0.430 e. The number of ether oxygens (including phenoxy) is 2. The van der Waals surface area contributed by atoms with Crippen molar-refractivity contribution >= 4 is 23.6 Å². The minimum absolute atomic E-state index is 0.00563. The number of benzene rings is 1. The zero-order chi connectivity index (χ0) is 20.5. The summed E-state index contributed by atoms with van der Waals surface area (Å²) in [4.78, 5) is 24.1. The van der Waals surface area contributed by atoms with Crippen LogP contribution in [0.2, 0.25) is 5.02 Å². The maximum absolute atomic E-state index is 13.4. The topological polar surface area (TPSA) is 57.5 Å². The van der Waals surface area contributed by atoms with Crippen molar-refractivity contribution in [2.24, 2.45) is 0 Å². The molecule has 1 aliphatic heterocycles. The highest BCUT2D eigenvalue weighted by molar-refractivity contribution is 6.31. The predicted octanol–water partition coefficient (Wildman–Crippen LogP) is 3.82. The van der Waals surface area contributed by atoms with E-state index in [1.54, 1.807) is 12.1 Å². The van der Waals surface area contributed by atoms with Crippen LogP contribution in [0, 0.1) is 0 Å². The summed E-state index contributed by atoms with van der Waals surface area (Å²) < 4.78 is 51.5. The van der Waals surface area contributed by atoms with E-state index in [2.05, 4.69) is 0 Å². The van der Waals surface area contributed by atoms with Gasteiger partial charge in [-0.1, -0.05) is 17.7 Å². The van der Waals surface area contributed by atoms with E-state index >= 15 is 0 Å². The third-order valence-corrected chi connectivity index (χ3v) is 4.48. The second-order valence-electron chi connectivity index (χ2n) is 5.96. The van der Waals surface area contributed by atoms with Crippen molar-refractivity contribution in [3.05, 3.63) is 68.6 Å². The standard InChI is InChI=1S/C19H15ClF3NO4/c1-2-27-18(26)12-9-11-13(10-24-8-4-3-5-16(24)25)14(20)6-7-15(11)28-17(12)19(21,22)23/h3-9,17H,2,10H2,1H3. The molecule has 0 amide bonds. The van der Waals surface area contributed by atoms with Gasteiger partial charge in [0.05, 0.1) is 18.7 Å². The quantitative estimate of drug-likeness (QED) is 0.715. The summed E-state index contributed by atoms with van der Waals surface area (Å²) in [5, 5.41) is 0.225. The van der Waals surface area contributed by atoms with Gasteiger partial charge in [-0.2, -0.15) is 13.2 Å². The Morgan fingerprint density at radius 2 is 2.04 bits per heavy atom. The molecule has 1 atom stereocenters. The Bertz CT molecular complexity index is 997. The summed E-state index contributed by atoms with van der Waals surface area (Å²) in [6.07, 6.45) is -4.67. The highest BCUT2D eigenvalue weighted by Gasteiger charge is 2.49. The number of carbonyl (C=O) groups excluding carboxylic acids is 1. The molecule has 28 heavy (non-hydrogen) atoms. The SMILES string of the molecule is CCOC(=O)C1=Cc2c(ccc(Cl)c2Cn2ccccc2=O)OC1C(F)(F)F. The molecule has 1 unspecified atom stereocenters. The average Bonchev–Trinajstić information content (AvgIpc) is 2.64. The number of aromatic nitrogens is 1. The van der Waals surface area contributed by atoms with E-state index in [4.69, 9.17) is 21.1 Å². The van der Waals surface area contributed by atoms with Crippen molar-refractivity contribution in [1.82, 2.24) is 4.57 Å². The molecule has 2 heterocycles. The van der Waals surface area contributed by atoms with Gasteiger partial charge in [-0.25, -0.2) is 4.79 Å². The Morgan fingerprint density at radius 1 is 1.29 bits per heavy atom. The molecule has 1 aromatic carbocycles. The van der Waals surface area contributed by atoms with Gasteiger partial charge in [-0.05, 0) is 31.2 Å². The van der Waals surface area contributed by atoms with Crippen LogP contribution < -0.4 is 10.3 Å². The molecule has 5 nitrogen and oxygen atoms in total. The molecular weight excluding hydrogens is 399 g/mol. The third kappa shape index (κ3) is 3.91. The lowest BCUT2D eigenvalue weighted by Gasteiger charge is -2.29. The molecule has 0 fully saturated rings.